The van der Waals surface area contributed by atoms with Crippen molar-refractivity contribution in [1.29, 1.82) is 0 Å². The maximum Gasteiger partial charge on any atom is 0.231 e. The Balaban J connectivity index is 1.89. The Morgan fingerprint density at radius 2 is 2.13 bits per heavy atom. The van der Waals surface area contributed by atoms with Crippen LogP contribution in [0.5, 0.6) is 5.75 Å². The Bertz CT molecular complexity index is 694. The highest BCUT2D eigenvalue weighted by molar-refractivity contribution is 7.22. The summed E-state index contributed by atoms with van der Waals surface area (Å²) in [6, 6.07) is 5.84. The second kappa shape index (κ2) is 6.84. The SMILES string of the molecule is COc1ccc2nc(N(CCN(C)C)C(=O)C3CCC3)sc2c1. The number of methoxy groups -OCH3 is 1. The zero-order chi connectivity index (χ0) is 16.4. The van der Waals surface area contributed by atoms with Crippen molar-refractivity contribution in [2.24, 2.45) is 5.92 Å². The van der Waals surface area contributed by atoms with Crippen LogP contribution in [0, 0.1) is 5.92 Å². The maximum absolute atomic E-state index is 12.8. The third-order valence-electron chi connectivity index (χ3n) is 4.31. The molecule has 1 heterocycles. The number of hydrogen-bond acceptors (Lipinski definition) is 5. The summed E-state index contributed by atoms with van der Waals surface area (Å²) in [6.45, 7) is 1.51. The van der Waals surface area contributed by atoms with E-state index in [2.05, 4.69) is 9.88 Å². The van der Waals surface area contributed by atoms with E-state index in [1.165, 1.54) is 0 Å². The Labute approximate surface area is 140 Å². The first-order chi connectivity index (χ1) is 11.1. The van der Waals surface area contributed by atoms with Gasteiger partial charge in [-0.15, -0.1) is 0 Å². The van der Waals surface area contributed by atoms with E-state index < -0.39 is 0 Å². The minimum atomic E-state index is 0.179. The minimum absolute atomic E-state index is 0.179. The lowest BCUT2D eigenvalue weighted by atomic mass is 9.84. The molecule has 0 unspecified atom stereocenters. The number of benzene rings is 1. The molecule has 5 nitrogen and oxygen atoms in total. The molecule has 1 aliphatic rings. The van der Waals surface area contributed by atoms with Gasteiger partial charge >= 0.3 is 0 Å². The Kier molecular flexibility index (Phi) is 4.82. The van der Waals surface area contributed by atoms with Crippen LogP contribution in [0.3, 0.4) is 0 Å². The van der Waals surface area contributed by atoms with Gasteiger partial charge in [0, 0.05) is 19.0 Å². The summed E-state index contributed by atoms with van der Waals surface area (Å²) >= 11 is 1.56. The van der Waals surface area contributed by atoms with Gasteiger partial charge in [0.1, 0.15) is 5.75 Å². The molecule has 0 N–H and O–H groups in total. The molecule has 0 saturated heterocycles. The molecule has 0 atom stereocenters. The highest BCUT2D eigenvalue weighted by Gasteiger charge is 2.31. The quantitative estimate of drug-likeness (QED) is 0.815. The first-order valence-corrected chi connectivity index (χ1v) is 8.81. The second-order valence-electron chi connectivity index (χ2n) is 6.25. The number of nitrogens with zero attached hydrogens (tertiary/aromatic N) is 3. The summed E-state index contributed by atoms with van der Waals surface area (Å²) in [5, 5.41) is 0.798. The average molecular weight is 333 g/mol. The number of aromatic nitrogens is 1. The first-order valence-electron chi connectivity index (χ1n) is 7.99. The van der Waals surface area contributed by atoms with E-state index in [0.29, 0.717) is 6.54 Å². The largest absolute Gasteiger partial charge is 0.497 e. The molecule has 1 amide bonds. The molecule has 0 bridgehead atoms. The first kappa shape index (κ1) is 16.2. The highest BCUT2D eigenvalue weighted by atomic mass is 32.1. The van der Waals surface area contributed by atoms with E-state index in [0.717, 1.165) is 46.9 Å². The van der Waals surface area contributed by atoms with E-state index in [1.54, 1.807) is 18.4 Å². The van der Waals surface area contributed by atoms with E-state index in [1.807, 2.05) is 37.2 Å². The lowest BCUT2D eigenvalue weighted by Gasteiger charge is -2.30. The Morgan fingerprint density at radius 1 is 1.35 bits per heavy atom. The van der Waals surface area contributed by atoms with Gasteiger partial charge in [0.15, 0.2) is 5.13 Å². The zero-order valence-corrected chi connectivity index (χ0v) is 14.7. The molecule has 2 aromatic rings. The fourth-order valence-corrected chi connectivity index (χ4v) is 3.64. The van der Waals surface area contributed by atoms with Crippen LogP contribution < -0.4 is 9.64 Å². The predicted octanol–water partition coefficient (Wildman–Crippen LogP) is 3.00. The van der Waals surface area contributed by atoms with Crippen LogP contribution in [0.2, 0.25) is 0 Å². The van der Waals surface area contributed by atoms with E-state index >= 15 is 0 Å². The molecule has 23 heavy (non-hydrogen) atoms. The molecule has 124 valence electrons. The number of thiazole rings is 1. The molecule has 0 aliphatic heterocycles. The van der Waals surface area contributed by atoms with Crippen LogP contribution in [-0.4, -0.2) is 50.1 Å². The number of hydrogen-bond donors (Lipinski definition) is 0. The van der Waals surface area contributed by atoms with E-state index in [4.69, 9.17) is 4.74 Å². The normalized spacial score (nSPS) is 15.0. The molecular formula is C17H23N3O2S. The number of carbonyl (C=O) groups is 1. The van der Waals surface area contributed by atoms with Crippen LogP contribution >= 0.6 is 11.3 Å². The maximum atomic E-state index is 12.8. The summed E-state index contributed by atoms with van der Waals surface area (Å²) in [7, 11) is 5.71. The van der Waals surface area contributed by atoms with Gasteiger partial charge in [0.05, 0.1) is 17.3 Å². The van der Waals surface area contributed by atoms with E-state index in [9.17, 15) is 4.79 Å². The smallest absolute Gasteiger partial charge is 0.231 e. The van der Waals surface area contributed by atoms with Gasteiger partial charge in [-0.3, -0.25) is 9.69 Å². The van der Waals surface area contributed by atoms with Crippen molar-refractivity contribution in [3.05, 3.63) is 18.2 Å². The van der Waals surface area contributed by atoms with Crippen molar-refractivity contribution in [2.75, 3.05) is 39.2 Å². The third-order valence-corrected chi connectivity index (χ3v) is 5.35. The summed E-state index contributed by atoms with van der Waals surface area (Å²) in [5.41, 5.74) is 0.919. The van der Waals surface area contributed by atoms with Gasteiger partial charge in [-0.1, -0.05) is 17.8 Å². The van der Waals surface area contributed by atoms with Gasteiger partial charge in [-0.25, -0.2) is 4.98 Å². The highest BCUT2D eigenvalue weighted by Crippen LogP contribution is 2.35. The van der Waals surface area contributed by atoms with Crippen molar-refractivity contribution >= 4 is 32.6 Å². The summed E-state index contributed by atoms with van der Waals surface area (Å²) < 4.78 is 6.33. The number of ether oxygens (including phenoxy) is 1. The molecule has 1 saturated carbocycles. The summed E-state index contributed by atoms with van der Waals surface area (Å²) in [4.78, 5) is 21.4. The average Bonchev–Trinajstić information content (AvgIpc) is 2.87. The molecule has 0 radical (unpaired) electrons. The second-order valence-corrected chi connectivity index (χ2v) is 7.26. The molecule has 6 heteroatoms. The molecule has 3 rings (SSSR count). The Morgan fingerprint density at radius 3 is 2.74 bits per heavy atom. The van der Waals surface area contributed by atoms with Gasteiger partial charge in [0.2, 0.25) is 5.91 Å². The zero-order valence-electron chi connectivity index (χ0n) is 13.9. The monoisotopic (exact) mass is 333 g/mol. The third kappa shape index (κ3) is 3.48. The van der Waals surface area contributed by atoms with Crippen LogP contribution in [-0.2, 0) is 4.79 Å². The molecule has 1 aromatic heterocycles. The Hall–Kier alpha value is -1.66. The van der Waals surface area contributed by atoms with Crippen LogP contribution in [0.15, 0.2) is 18.2 Å². The fraction of sp³-hybridized carbons (Fsp3) is 0.529. The number of fused-ring (bicyclic) bond motifs is 1. The lowest BCUT2D eigenvalue weighted by Crippen LogP contribution is -2.42. The van der Waals surface area contributed by atoms with Gasteiger partial charge in [-0.05, 0) is 45.1 Å². The van der Waals surface area contributed by atoms with Crippen molar-refractivity contribution in [3.63, 3.8) is 0 Å². The van der Waals surface area contributed by atoms with Gasteiger partial charge in [-0.2, -0.15) is 0 Å². The van der Waals surface area contributed by atoms with E-state index in [-0.39, 0.29) is 11.8 Å². The number of amides is 1. The number of likely N-dealkylation sites (N-methyl/N-ethyl adjacent to an activating group) is 1. The topological polar surface area (TPSA) is 45.7 Å². The predicted molar refractivity (Wildman–Crippen MR) is 94.4 cm³/mol. The summed E-state index contributed by atoms with van der Waals surface area (Å²) in [6.07, 6.45) is 3.18. The van der Waals surface area contributed by atoms with Gasteiger partial charge < -0.3 is 9.64 Å². The molecular weight excluding hydrogens is 310 g/mol. The van der Waals surface area contributed by atoms with Crippen LogP contribution in [0.1, 0.15) is 19.3 Å². The lowest BCUT2D eigenvalue weighted by molar-refractivity contribution is -0.124. The van der Waals surface area contributed by atoms with Gasteiger partial charge in [0.25, 0.3) is 0 Å². The number of rotatable bonds is 6. The van der Waals surface area contributed by atoms with Crippen molar-refractivity contribution in [3.8, 4) is 5.75 Å². The number of carbonyl (C=O) groups excluding carboxylic acids is 1. The van der Waals surface area contributed by atoms with Crippen molar-refractivity contribution < 1.29 is 9.53 Å². The molecule has 1 fully saturated rings. The van der Waals surface area contributed by atoms with Crippen LogP contribution in [0.25, 0.3) is 10.2 Å². The minimum Gasteiger partial charge on any atom is -0.497 e. The van der Waals surface area contributed by atoms with Crippen molar-refractivity contribution in [1.82, 2.24) is 9.88 Å². The molecule has 1 aliphatic carbocycles. The summed E-state index contributed by atoms with van der Waals surface area (Å²) in [5.74, 6) is 1.22. The fourth-order valence-electron chi connectivity index (χ4n) is 2.61. The molecule has 0 spiro atoms. The molecule has 1 aromatic carbocycles. The van der Waals surface area contributed by atoms with Crippen molar-refractivity contribution in [2.45, 2.75) is 19.3 Å². The number of anilines is 1. The standard InChI is InChI=1S/C17H23N3O2S/c1-19(2)9-10-20(16(21)12-5-4-6-12)17-18-14-8-7-13(22-3)11-15(14)23-17/h7-8,11-12H,4-6,9-10H2,1-3H3. The van der Waals surface area contributed by atoms with Crippen LogP contribution in [0.4, 0.5) is 5.13 Å².